The Morgan fingerprint density at radius 2 is 2.09 bits per heavy atom. The van der Waals surface area contributed by atoms with E-state index in [4.69, 9.17) is 19.9 Å². The van der Waals surface area contributed by atoms with Gasteiger partial charge < -0.3 is 25.1 Å². The van der Waals surface area contributed by atoms with Gasteiger partial charge in [-0.1, -0.05) is 5.21 Å². The molecule has 4 N–H and O–H groups in total. The number of hydrogen-bond acceptors (Lipinski definition) is 12. The van der Waals surface area contributed by atoms with Crippen LogP contribution in [0.4, 0.5) is 5.82 Å². The monoisotopic (exact) mass is 464 g/mol. The number of methoxy groups -OCH3 is 1. The van der Waals surface area contributed by atoms with Crippen LogP contribution in [0, 0.1) is 0 Å². The Morgan fingerprint density at radius 1 is 1.24 bits per heavy atom. The number of anilines is 1. The molecular weight excluding hydrogens is 448 g/mol. The SMILES string of the molecule is COc1cc(/C=N\NC(=O)c2nnn(-c3nonc3N)c2-c2ccc3c(c2)OCO3)ccc1O. The summed E-state index contributed by atoms with van der Waals surface area (Å²) in [5.74, 6) is 0.651. The molecule has 1 amide bonds. The van der Waals surface area contributed by atoms with E-state index in [0.717, 1.165) is 0 Å². The molecule has 0 radical (unpaired) electrons. The number of aromatic hydroxyl groups is 1. The highest BCUT2D eigenvalue weighted by atomic mass is 16.7. The molecule has 4 aromatic rings. The molecule has 2 aromatic carbocycles. The number of hydrogen-bond donors (Lipinski definition) is 3. The minimum Gasteiger partial charge on any atom is -0.504 e. The van der Waals surface area contributed by atoms with Gasteiger partial charge in [0.05, 0.1) is 13.3 Å². The fourth-order valence-corrected chi connectivity index (χ4v) is 3.22. The van der Waals surface area contributed by atoms with E-state index in [9.17, 15) is 9.90 Å². The fourth-order valence-electron chi connectivity index (χ4n) is 3.22. The summed E-state index contributed by atoms with van der Waals surface area (Å²) in [5.41, 5.74) is 9.50. The maximum absolute atomic E-state index is 13.0. The third kappa shape index (κ3) is 3.68. The molecule has 14 heteroatoms. The molecule has 14 nitrogen and oxygen atoms in total. The number of rotatable bonds is 6. The molecule has 0 saturated heterocycles. The van der Waals surface area contributed by atoms with Gasteiger partial charge in [0.2, 0.25) is 18.4 Å². The van der Waals surface area contributed by atoms with E-state index in [0.29, 0.717) is 22.6 Å². The molecule has 3 heterocycles. The second-order valence-corrected chi connectivity index (χ2v) is 6.87. The van der Waals surface area contributed by atoms with Gasteiger partial charge in [-0.2, -0.15) is 9.78 Å². The molecule has 34 heavy (non-hydrogen) atoms. The van der Waals surface area contributed by atoms with Crippen LogP contribution in [0.15, 0.2) is 46.1 Å². The molecule has 0 fully saturated rings. The maximum atomic E-state index is 13.0. The highest BCUT2D eigenvalue weighted by molar-refractivity contribution is 5.99. The van der Waals surface area contributed by atoms with E-state index >= 15 is 0 Å². The number of phenols is 1. The number of nitrogen functional groups attached to an aromatic ring is 1. The molecule has 1 aliphatic heterocycles. The number of amides is 1. The van der Waals surface area contributed by atoms with Gasteiger partial charge in [-0.3, -0.25) is 4.79 Å². The molecule has 0 unspecified atom stereocenters. The summed E-state index contributed by atoms with van der Waals surface area (Å²) in [6, 6.07) is 9.67. The molecule has 0 bridgehead atoms. The highest BCUT2D eigenvalue weighted by Crippen LogP contribution is 2.37. The summed E-state index contributed by atoms with van der Waals surface area (Å²) in [4.78, 5) is 13.0. The Morgan fingerprint density at radius 3 is 2.88 bits per heavy atom. The number of aromatic nitrogens is 5. The first kappa shape index (κ1) is 20.7. The molecular formula is C20H16N8O6. The van der Waals surface area contributed by atoms with E-state index in [1.807, 2.05) is 0 Å². The minimum atomic E-state index is -0.657. The third-order valence-corrected chi connectivity index (χ3v) is 4.81. The van der Waals surface area contributed by atoms with Crippen molar-refractivity contribution in [2.24, 2.45) is 5.10 Å². The van der Waals surface area contributed by atoms with E-state index in [2.05, 4.69) is 35.8 Å². The number of nitrogens with one attached hydrogen (secondary N) is 1. The van der Waals surface area contributed by atoms with E-state index in [1.165, 1.54) is 24.1 Å². The largest absolute Gasteiger partial charge is 0.504 e. The number of nitrogens with zero attached hydrogens (tertiary/aromatic N) is 6. The van der Waals surface area contributed by atoms with Gasteiger partial charge in [-0.25, -0.2) is 10.1 Å². The molecule has 0 aliphatic carbocycles. The predicted octanol–water partition coefficient (Wildman–Crippen LogP) is 1.11. The predicted molar refractivity (Wildman–Crippen MR) is 115 cm³/mol. The van der Waals surface area contributed by atoms with Crippen LogP contribution in [-0.2, 0) is 0 Å². The number of ether oxygens (including phenoxy) is 3. The third-order valence-electron chi connectivity index (χ3n) is 4.81. The summed E-state index contributed by atoms with van der Waals surface area (Å²) in [7, 11) is 1.43. The topological polar surface area (TPSA) is 185 Å². The van der Waals surface area contributed by atoms with Crippen molar-refractivity contribution in [1.29, 1.82) is 0 Å². The van der Waals surface area contributed by atoms with Crippen molar-refractivity contribution in [3.63, 3.8) is 0 Å². The van der Waals surface area contributed by atoms with Crippen LogP contribution < -0.4 is 25.4 Å². The van der Waals surface area contributed by atoms with Gasteiger partial charge in [0.15, 0.2) is 28.7 Å². The lowest BCUT2D eigenvalue weighted by molar-refractivity contribution is 0.0950. The lowest BCUT2D eigenvalue weighted by Gasteiger charge is -2.07. The van der Waals surface area contributed by atoms with E-state index in [-0.39, 0.29) is 41.3 Å². The number of phenolic OH excluding ortho intramolecular Hbond substituents is 1. The van der Waals surface area contributed by atoms with Crippen molar-refractivity contribution < 1.29 is 28.7 Å². The lowest BCUT2D eigenvalue weighted by Crippen LogP contribution is -2.19. The fraction of sp³-hybridized carbons (Fsp3) is 0.100. The number of benzene rings is 2. The summed E-state index contributed by atoms with van der Waals surface area (Å²) < 4.78 is 21.7. The Hall–Kier alpha value is -5.14. The Balaban J connectivity index is 1.48. The Labute approximate surface area is 190 Å². The smallest absolute Gasteiger partial charge is 0.294 e. The number of nitrogens with two attached hydrogens (primary N) is 1. The van der Waals surface area contributed by atoms with Crippen molar-refractivity contribution in [1.82, 2.24) is 30.7 Å². The second-order valence-electron chi connectivity index (χ2n) is 6.87. The van der Waals surface area contributed by atoms with Crippen LogP contribution in [0.2, 0.25) is 0 Å². The van der Waals surface area contributed by atoms with Gasteiger partial charge in [0.25, 0.3) is 5.91 Å². The van der Waals surface area contributed by atoms with Gasteiger partial charge in [-0.15, -0.1) is 5.10 Å². The van der Waals surface area contributed by atoms with Gasteiger partial charge in [-0.05, 0) is 52.3 Å². The maximum Gasteiger partial charge on any atom is 0.294 e. The summed E-state index contributed by atoms with van der Waals surface area (Å²) in [5, 5.41) is 28.9. The van der Waals surface area contributed by atoms with Crippen LogP contribution in [0.3, 0.4) is 0 Å². The van der Waals surface area contributed by atoms with E-state index < -0.39 is 5.91 Å². The van der Waals surface area contributed by atoms with Crippen molar-refractivity contribution in [2.45, 2.75) is 0 Å². The van der Waals surface area contributed by atoms with Crippen molar-refractivity contribution in [3.05, 3.63) is 47.7 Å². The lowest BCUT2D eigenvalue weighted by atomic mass is 10.1. The number of fused-ring (bicyclic) bond motifs is 1. The number of hydrazone groups is 1. The second kappa shape index (κ2) is 8.42. The summed E-state index contributed by atoms with van der Waals surface area (Å²) >= 11 is 0. The average molecular weight is 464 g/mol. The number of carbonyl (C=O) groups is 1. The van der Waals surface area contributed by atoms with Gasteiger partial charge >= 0.3 is 0 Å². The van der Waals surface area contributed by atoms with Gasteiger partial charge in [0, 0.05) is 5.56 Å². The van der Waals surface area contributed by atoms with Crippen molar-refractivity contribution in [3.8, 4) is 40.1 Å². The molecule has 0 spiro atoms. The van der Waals surface area contributed by atoms with Crippen molar-refractivity contribution >= 4 is 17.9 Å². The first-order valence-electron chi connectivity index (χ1n) is 9.69. The van der Waals surface area contributed by atoms with Gasteiger partial charge in [0.1, 0.15) is 5.69 Å². The molecule has 2 aromatic heterocycles. The molecule has 172 valence electrons. The summed E-state index contributed by atoms with van der Waals surface area (Å²) in [6.07, 6.45) is 1.38. The van der Waals surface area contributed by atoms with Crippen LogP contribution in [0.1, 0.15) is 16.1 Å². The average Bonchev–Trinajstić information content (AvgIpc) is 3.58. The number of carbonyl (C=O) groups excluding carboxylic acids is 1. The zero-order chi connectivity index (χ0) is 23.7. The Bertz CT molecular complexity index is 1410. The van der Waals surface area contributed by atoms with Crippen LogP contribution in [0.5, 0.6) is 23.0 Å². The normalized spacial score (nSPS) is 12.3. The Kier molecular flexibility index (Phi) is 5.14. The first-order valence-corrected chi connectivity index (χ1v) is 9.69. The van der Waals surface area contributed by atoms with Crippen LogP contribution >= 0.6 is 0 Å². The zero-order valence-corrected chi connectivity index (χ0v) is 17.5. The molecule has 0 saturated carbocycles. The standard InChI is InChI=1S/C20H16N8O6/c1-31-14-6-10(2-4-12(14)29)8-22-24-20(30)16-17(11-3-5-13-15(7-11)33-9-32-13)28(27-23-16)19-18(21)25-34-26-19/h2-8,29H,9H2,1H3,(H2,21,25)(H,24,30)/b22-8-. The van der Waals surface area contributed by atoms with Crippen LogP contribution in [-0.4, -0.2) is 56.4 Å². The highest BCUT2D eigenvalue weighted by Gasteiger charge is 2.26. The molecule has 5 rings (SSSR count). The quantitative estimate of drug-likeness (QED) is 0.274. The van der Waals surface area contributed by atoms with Crippen LogP contribution in [0.25, 0.3) is 17.1 Å². The minimum absolute atomic E-state index is 0.0183. The molecule has 0 atom stereocenters. The zero-order valence-electron chi connectivity index (χ0n) is 17.5. The molecule has 1 aliphatic rings. The summed E-state index contributed by atoms with van der Waals surface area (Å²) in [6.45, 7) is 0.0839. The first-order chi connectivity index (χ1) is 16.5. The van der Waals surface area contributed by atoms with Crippen molar-refractivity contribution in [2.75, 3.05) is 19.6 Å². The van der Waals surface area contributed by atoms with E-state index in [1.54, 1.807) is 30.3 Å².